The standard InChI is InChI=1S/C30H35N3O2/c1-31(22-23-8-3-2-4-9-23)29(34)25-14-18-32(19-15-25)26-16-20-33(21-17-26)30(35)28-13-7-11-24-10-5-6-12-27(24)28/h2-13,25-26H,14-22H2,1H3. The number of benzene rings is 3. The van der Waals surface area contributed by atoms with E-state index in [1.807, 2.05) is 65.4 Å². The normalized spacial score (nSPS) is 18.0. The van der Waals surface area contributed by atoms with Crippen LogP contribution in [-0.2, 0) is 11.3 Å². The van der Waals surface area contributed by atoms with Crippen molar-refractivity contribution in [3.05, 3.63) is 83.9 Å². The van der Waals surface area contributed by atoms with Crippen LogP contribution in [0, 0.1) is 5.92 Å². The minimum absolute atomic E-state index is 0.119. The van der Waals surface area contributed by atoms with Gasteiger partial charge in [0, 0.05) is 44.2 Å². The van der Waals surface area contributed by atoms with E-state index in [1.54, 1.807) is 0 Å². The molecule has 0 aromatic heterocycles. The van der Waals surface area contributed by atoms with Gasteiger partial charge in [-0.15, -0.1) is 0 Å². The predicted octanol–water partition coefficient (Wildman–Crippen LogP) is 4.82. The summed E-state index contributed by atoms with van der Waals surface area (Å²) in [5.74, 6) is 0.531. The van der Waals surface area contributed by atoms with Gasteiger partial charge in [-0.2, -0.15) is 0 Å². The van der Waals surface area contributed by atoms with E-state index in [1.165, 1.54) is 5.56 Å². The zero-order valence-electron chi connectivity index (χ0n) is 20.6. The molecule has 35 heavy (non-hydrogen) atoms. The lowest BCUT2D eigenvalue weighted by Crippen LogP contribution is -2.50. The van der Waals surface area contributed by atoms with Crippen LogP contribution >= 0.6 is 0 Å². The highest BCUT2D eigenvalue weighted by molar-refractivity contribution is 6.07. The molecule has 182 valence electrons. The van der Waals surface area contributed by atoms with Crippen LogP contribution in [0.15, 0.2) is 72.8 Å². The molecule has 2 amide bonds. The minimum Gasteiger partial charge on any atom is -0.341 e. The maximum atomic E-state index is 13.3. The summed E-state index contributed by atoms with van der Waals surface area (Å²) >= 11 is 0. The topological polar surface area (TPSA) is 43.9 Å². The number of hydrogen-bond acceptors (Lipinski definition) is 3. The van der Waals surface area contributed by atoms with Gasteiger partial charge in [-0.25, -0.2) is 0 Å². The highest BCUT2D eigenvalue weighted by Gasteiger charge is 2.33. The van der Waals surface area contributed by atoms with Crippen LogP contribution in [0.25, 0.3) is 10.8 Å². The molecule has 0 spiro atoms. The molecule has 3 aromatic rings. The number of carbonyl (C=O) groups excluding carboxylic acids is 2. The second-order valence-electron chi connectivity index (χ2n) is 10.0. The van der Waals surface area contributed by atoms with E-state index in [0.29, 0.717) is 12.6 Å². The minimum atomic E-state index is 0.119. The second kappa shape index (κ2) is 10.6. The molecular weight excluding hydrogens is 434 g/mol. The Kier molecular flexibility index (Phi) is 7.14. The SMILES string of the molecule is CN(Cc1ccccc1)C(=O)C1CCN(C2CCN(C(=O)c3cccc4ccccc34)CC2)CC1. The van der Waals surface area contributed by atoms with Gasteiger partial charge in [0.2, 0.25) is 5.91 Å². The predicted molar refractivity (Wildman–Crippen MR) is 140 cm³/mol. The average molecular weight is 470 g/mol. The van der Waals surface area contributed by atoms with Gasteiger partial charge in [0.25, 0.3) is 5.91 Å². The number of amides is 2. The third-order valence-corrected chi connectivity index (χ3v) is 7.81. The molecule has 0 saturated carbocycles. The number of nitrogens with zero attached hydrogens (tertiary/aromatic N) is 3. The Morgan fingerprint density at radius 3 is 2.20 bits per heavy atom. The number of likely N-dealkylation sites (tertiary alicyclic amines) is 2. The molecule has 5 nitrogen and oxygen atoms in total. The lowest BCUT2D eigenvalue weighted by molar-refractivity contribution is -0.136. The third kappa shape index (κ3) is 5.25. The average Bonchev–Trinajstić information content (AvgIpc) is 2.92. The lowest BCUT2D eigenvalue weighted by atomic mass is 9.92. The van der Waals surface area contributed by atoms with Gasteiger partial charge in [0.1, 0.15) is 0 Å². The van der Waals surface area contributed by atoms with Gasteiger partial charge in [-0.05, 0) is 61.2 Å². The monoisotopic (exact) mass is 469 g/mol. The summed E-state index contributed by atoms with van der Waals surface area (Å²) in [4.78, 5) is 32.7. The van der Waals surface area contributed by atoms with Crippen molar-refractivity contribution in [2.24, 2.45) is 5.92 Å². The van der Waals surface area contributed by atoms with Crippen molar-refractivity contribution in [2.45, 2.75) is 38.3 Å². The zero-order chi connectivity index (χ0) is 24.2. The van der Waals surface area contributed by atoms with Crippen molar-refractivity contribution in [3.63, 3.8) is 0 Å². The molecule has 2 heterocycles. The molecule has 5 heteroatoms. The molecule has 0 atom stereocenters. The van der Waals surface area contributed by atoms with E-state index in [-0.39, 0.29) is 17.7 Å². The summed E-state index contributed by atoms with van der Waals surface area (Å²) in [6, 6.07) is 24.8. The second-order valence-corrected chi connectivity index (χ2v) is 10.0. The fraction of sp³-hybridized carbons (Fsp3) is 0.400. The molecule has 2 aliphatic rings. The summed E-state index contributed by atoms with van der Waals surface area (Å²) in [6.45, 7) is 4.20. The van der Waals surface area contributed by atoms with Gasteiger partial charge in [-0.1, -0.05) is 66.7 Å². The van der Waals surface area contributed by atoms with Crippen LogP contribution in [0.3, 0.4) is 0 Å². The van der Waals surface area contributed by atoms with Crippen LogP contribution < -0.4 is 0 Å². The van der Waals surface area contributed by atoms with Crippen molar-refractivity contribution in [1.82, 2.24) is 14.7 Å². The van der Waals surface area contributed by atoms with Crippen LogP contribution in [0.1, 0.15) is 41.6 Å². The van der Waals surface area contributed by atoms with E-state index in [9.17, 15) is 9.59 Å². The van der Waals surface area contributed by atoms with E-state index in [4.69, 9.17) is 0 Å². The Morgan fingerprint density at radius 1 is 0.800 bits per heavy atom. The summed E-state index contributed by atoms with van der Waals surface area (Å²) in [5, 5.41) is 2.14. The highest BCUT2D eigenvalue weighted by Crippen LogP contribution is 2.27. The van der Waals surface area contributed by atoms with Gasteiger partial charge in [0.05, 0.1) is 0 Å². The van der Waals surface area contributed by atoms with Gasteiger partial charge in [-0.3, -0.25) is 9.59 Å². The first-order valence-electron chi connectivity index (χ1n) is 12.9. The van der Waals surface area contributed by atoms with Crippen molar-refractivity contribution in [1.29, 1.82) is 0 Å². The number of hydrogen-bond donors (Lipinski definition) is 0. The molecule has 3 aromatic carbocycles. The summed E-state index contributed by atoms with van der Waals surface area (Å²) < 4.78 is 0. The van der Waals surface area contributed by atoms with Crippen molar-refractivity contribution in [2.75, 3.05) is 33.2 Å². The quantitative estimate of drug-likeness (QED) is 0.538. The summed E-state index contributed by atoms with van der Waals surface area (Å²) in [7, 11) is 1.92. The molecule has 0 unspecified atom stereocenters. The van der Waals surface area contributed by atoms with E-state index < -0.39 is 0 Å². The van der Waals surface area contributed by atoms with E-state index in [2.05, 4.69) is 29.2 Å². The first-order chi connectivity index (χ1) is 17.1. The number of rotatable bonds is 5. The number of carbonyl (C=O) groups is 2. The summed E-state index contributed by atoms with van der Waals surface area (Å²) in [6.07, 6.45) is 3.85. The molecule has 0 aliphatic carbocycles. The van der Waals surface area contributed by atoms with Crippen LogP contribution in [-0.4, -0.2) is 65.8 Å². The third-order valence-electron chi connectivity index (χ3n) is 7.81. The fourth-order valence-corrected chi connectivity index (χ4v) is 5.77. The first kappa shape index (κ1) is 23.6. The Labute approximate surface area is 208 Å². The van der Waals surface area contributed by atoms with Gasteiger partial charge >= 0.3 is 0 Å². The van der Waals surface area contributed by atoms with Crippen LogP contribution in [0.4, 0.5) is 0 Å². The Hall–Kier alpha value is -3.18. The zero-order valence-corrected chi connectivity index (χ0v) is 20.6. The Balaban J connectivity index is 1.11. The molecule has 0 radical (unpaired) electrons. The van der Waals surface area contributed by atoms with Gasteiger partial charge in [0.15, 0.2) is 0 Å². The molecule has 2 fully saturated rings. The maximum absolute atomic E-state index is 13.3. The van der Waals surface area contributed by atoms with Crippen molar-refractivity contribution in [3.8, 4) is 0 Å². The molecule has 2 aliphatic heterocycles. The lowest BCUT2D eigenvalue weighted by Gasteiger charge is -2.42. The smallest absolute Gasteiger partial charge is 0.254 e. The van der Waals surface area contributed by atoms with E-state index >= 15 is 0 Å². The van der Waals surface area contributed by atoms with Crippen LogP contribution in [0.5, 0.6) is 0 Å². The summed E-state index contributed by atoms with van der Waals surface area (Å²) in [5.41, 5.74) is 1.98. The largest absolute Gasteiger partial charge is 0.341 e. The molecule has 5 rings (SSSR count). The molecule has 0 N–H and O–H groups in total. The first-order valence-corrected chi connectivity index (χ1v) is 12.9. The van der Waals surface area contributed by atoms with Gasteiger partial charge < -0.3 is 14.7 Å². The number of piperidine rings is 2. The Morgan fingerprint density at radius 2 is 1.46 bits per heavy atom. The molecule has 2 saturated heterocycles. The van der Waals surface area contributed by atoms with E-state index in [0.717, 1.165) is 68.2 Å². The fourth-order valence-electron chi connectivity index (χ4n) is 5.77. The molecule has 0 bridgehead atoms. The van der Waals surface area contributed by atoms with Crippen LogP contribution in [0.2, 0.25) is 0 Å². The van der Waals surface area contributed by atoms with Crippen molar-refractivity contribution >= 4 is 22.6 Å². The molecular formula is C30H35N3O2. The number of fused-ring (bicyclic) bond motifs is 1. The maximum Gasteiger partial charge on any atom is 0.254 e. The highest BCUT2D eigenvalue weighted by atomic mass is 16.2. The Bertz CT molecular complexity index is 1160. The van der Waals surface area contributed by atoms with Crippen molar-refractivity contribution < 1.29 is 9.59 Å².